The third-order valence-electron chi connectivity index (χ3n) is 6.27. The van der Waals surface area contributed by atoms with E-state index in [0.717, 1.165) is 22.0 Å². The number of hydrogen-bond donors (Lipinski definition) is 3. The maximum Gasteiger partial charge on any atom is 0.131 e. The second-order valence-electron chi connectivity index (χ2n) is 8.40. The molecule has 1 unspecified atom stereocenters. The number of ether oxygens (including phenoxy) is 1. The number of H-pyrrole nitrogens is 1. The fourth-order valence-corrected chi connectivity index (χ4v) is 4.50. The van der Waals surface area contributed by atoms with E-state index in [4.69, 9.17) is 16.2 Å². The maximum absolute atomic E-state index is 15.7. The number of pyridine rings is 1. The van der Waals surface area contributed by atoms with E-state index in [1.807, 2.05) is 55.5 Å². The molecule has 0 bridgehead atoms. The summed E-state index contributed by atoms with van der Waals surface area (Å²) >= 11 is 0. The van der Waals surface area contributed by atoms with Gasteiger partial charge in [0.05, 0.1) is 30.6 Å². The van der Waals surface area contributed by atoms with Gasteiger partial charge in [-0.1, -0.05) is 37.3 Å². The van der Waals surface area contributed by atoms with Crippen LogP contribution in [0.4, 0.5) is 15.9 Å². The van der Waals surface area contributed by atoms with Gasteiger partial charge >= 0.3 is 0 Å². The van der Waals surface area contributed by atoms with Crippen LogP contribution in [0.5, 0.6) is 5.75 Å². The van der Waals surface area contributed by atoms with Gasteiger partial charge in [0, 0.05) is 22.2 Å². The zero-order valence-electron chi connectivity index (χ0n) is 19.5. The molecule has 0 aliphatic heterocycles. The number of nitrogen functional groups attached to an aromatic ring is 2. The molecule has 1 atom stereocenters. The predicted octanol–water partition coefficient (Wildman–Crippen LogP) is 5.68. The molecule has 0 amide bonds. The van der Waals surface area contributed by atoms with Gasteiger partial charge in [0.25, 0.3) is 0 Å². The van der Waals surface area contributed by atoms with Crippen molar-refractivity contribution in [2.75, 3.05) is 18.6 Å². The van der Waals surface area contributed by atoms with E-state index in [9.17, 15) is 0 Å². The lowest BCUT2D eigenvalue weighted by Crippen LogP contribution is -2.12. The maximum atomic E-state index is 15.7. The first kappa shape index (κ1) is 22.4. The van der Waals surface area contributed by atoms with Crippen molar-refractivity contribution < 1.29 is 9.13 Å². The summed E-state index contributed by atoms with van der Waals surface area (Å²) < 4.78 is 21.2. The average Bonchev–Trinajstić information content (AvgIpc) is 3.34. The largest absolute Gasteiger partial charge is 0.496 e. The summed E-state index contributed by atoms with van der Waals surface area (Å²) in [5.74, 6) is 0.725. The summed E-state index contributed by atoms with van der Waals surface area (Å²) in [6.45, 7) is 1.93. The molecular formula is C28H26FN5O. The number of anilines is 2. The Morgan fingerprint density at radius 3 is 2.66 bits per heavy atom. The fraction of sp³-hybridized carbons (Fsp3) is 0.143. The molecule has 176 valence electrons. The van der Waals surface area contributed by atoms with Crippen molar-refractivity contribution in [2.24, 2.45) is 0 Å². The summed E-state index contributed by atoms with van der Waals surface area (Å²) in [6.07, 6.45) is 2.30. The molecule has 3 aromatic carbocycles. The van der Waals surface area contributed by atoms with Crippen LogP contribution in [0.15, 0.2) is 72.9 Å². The van der Waals surface area contributed by atoms with Gasteiger partial charge in [0.1, 0.15) is 23.2 Å². The van der Waals surface area contributed by atoms with Gasteiger partial charge in [0.15, 0.2) is 0 Å². The molecule has 0 aliphatic rings. The highest BCUT2D eigenvalue weighted by atomic mass is 19.1. The first-order valence-electron chi connectivity index (χ1n) is 11.4. The lowest BCUT2D eigenvalue weighted by Gasteiger charge is -2.19. The fourth-order valence-electron chi connectivity index (χ4n) is 4.50. The Labute approximate surface area is 202 Å². The topological polar surface area (TPSA) is 103 Å². The summed E-state index contributed by atoms with van der Waals surface area (Å²) in [6, 6.07) is 20.4. The molecule has 0 saturated heterocycles. The Morgan fingerprint density at radius 2 is 1.86 bits per heavy atom. The van der Waals surface area contributed by atoms with Crippen LogP contribution in [-0.4, -0.2) is 22.1 Å². The summed E-state index contributed by atoms with van der Waals surface area (Å²) in [7, 11) is 1.62. The van der Waals surface area contributed by atoms with E-state index in [1.54, 1.807) is 31.5 Å². The first-order valence-corrected chi connectivity index (χ1v) is 11.4. The summed E-state index contributed by atoms with van der Waals surface area (Å²) in [5.41, 5.74) is 16.3. The van der Waals surface area contributed by atoms with E-state index >= 15 is 4.39 Å². The molecule has 5 aromatic rings. The average molecular weight is 468 g/mol. The van der Waals surface area contributed by atoms with Gasteiger partial charge in [-0.05, 0) is 53.8 Å². The molecule has 0 radical (unpaired) electrons. The molecule has 2 aromatic heterocycles. The van der Waals surface area contributed by atoms with E-state index in [1.165, 1.54) is 0 Å². The molecule has 5 N–H and O–H groups in total. The number of benzene rings is 3. The SMILES string of the molecule is CCc1cccc(C(c2cc3cc(N)ccc3c(N)n2)c2ncc(-c3ccccc3OC)[nH]2)c1F. The van der Waals surface area contributed by atoms with Crippen molar-refractivity contribution in [2.45, 2.75) is 19.3 Å². The number of aromatic amines is 1. The second kappa shape index (κ2) is 9.10. The molecule has 0 saturated carbocycles. The molecule has 2 heterocycles. The van der Waals surface area contributed by atoms with E-state index in [2.05, 4.69) is 15.0 Å². The van der Waals surface area contributed by atoms with E-state index in [0.29, 0.717) is 46.3 Å². The Hall–Kier alpha value is -4.39. The monoisotopic (exact) mass is 467 g/mol. The highest BCUT2D eigenvalue weighted by Gasteiger charge is 2.27. The first-order chi connectivity index (χ1) is 17.0. The molecule has 0 spiro atoms. The number of nitrogens with two attached hydrogens (primary N) is 2. The molecule has 5 rings (SSSR count). The number of methoxy groups -OCH3 is 1. The Kier molecular flexibility index (Phi) is 5.82. The summed E-state index contributed by atoms with van der Waals surface area (Å²) in [5, 5.41) is 1.62. The lowest BCUT2D eigenvalue weighted by atomic mass is 9.91. The number of aromatic nitrogens is 3. The lowest BCUT2D eigenvalue weighted by molar-refractivity contribution is 0.416. The van der Waals surface area contributed by atoms with Crippen molar-refractivity contribution in [3.8, 4) is 17.0 Å². The number of hydrogen-bond acceptors (Lipinski definition) is 5. The van der Waals surface area contributed by atoms with Crippen molar-refractivity contribution in [3.63, 3.8) is 0 Å². The Bertz CT molecular complexity index is 1530. The third-order valence-corrected chi connectivity index (χ3v) is 6.27. The molecule has 35 heavy (non-hydrogen) atoms. The third kappa shape index (κ3) is 4.05. The molecule has 0 fully saturated rings. The Balaban J connectivity index is 1.72. The highest BCUT2D eigenvalue weighted by molar-refractivity contribution is 5.93. The standard InChI is InChI=1S/C28H26FN5O/c1-3-16-7-6-9-21(26(16)29)25(22-14-17-13-18(30)11-12-19(17)27(31)33-22)28-32-15-23(34-28)20-8-4-5-10-24(20)35-2/h4-15,25H,3,30H2,1-2H3,(H2,31,33)(H,32,34). The highest BCUT2D eigenvalue weighted by Crippen LogP contribution is 2.37. The zero-order chi connectivity index (χ0) is 24.5. The molecular weight excluding hydrogens is 441 g/mol. The van der Waals surface area contributed by atoms with Crippen LogP contribution in [0.3, 0.4) is 0 Å². The van der Waals surface area contributed by atoms with Crippen LogP contribution < -0.4 is 16.2 Å². The number of para-hydroxylation sites is 1. The second-order valence-corrected chi connectivity index (χ2v) is 8.40. The number of aryl methyl sites for hydroxylation is 1. The van der Waals surface area contributed by atoms with Crippen molar-refractivity contribution >= 4 is 22.3 Å². The number of fused-ring (bicyclic) bond motifs is 1. The van der Waals surface area contributed by atoms with Crippen molar-refractivity contribution in [3.05, 3.63) is 101 Å². The van der Waals surface area contributed by atoms with Crippen LogP contribution >= 0.6 is 0 Å². The quantitative estimate of drug-likeness (QED) is 0.279. The minimum atomic E-state index is -0.613. The van der Waals surface area contributed by atoms with Gasteiger partial charge < -0.3 is 21.2 Å². The van der Waals surface area contributed by atoms with Crippen LogP contribution in [0.25, 0.3) is 22.0 Å². The molecule has 7 heteroatoms. The van der Waals surface area contributed by atoms with Gasteiger partial charge in [-0.2, -0.15) is 0 Å². The number of halogens is 1. The van der Waals surface area contributed by atoms with E-state index < -0.39 is 5.92 Å². The number of nitrogens with zero attached hydrogens (tertiary/aromatic N) is 2. The van der Waals surface area contributed by atoms with Gasteiger partial charge in [-0.25, -0.2) is 14.4 Å². The van der Waals surface area contributed by atoms with Crippen LogP contribution in [-0.2, 0) is 6.42 Å². The van der Waals surface area contributed by atoms with Gasteiger partial charge in [0.2, 0.25) is 0 Å². The summed E-state index contributed by atoms with van der Waals surface area (Å²) in [4.78, 5) is 12.7. The van der Waals surface area contributed by atoms with E-state index in [-0.39, 0.29) is 5.82 Å². The predicted molar refractivity (Wildman–Crippen MR) is 138 cm³/mol. The zero-order valence-corrected chi connectivity index (χ0v) is 19.5. The van der Waals surface area contributed by atoms with Gasteiger partial charge in [-0.3, -0.25) is 0 Å². The van der Waals surface area contributed by atoms with Crippen LogP contribution in [0, 0.1) is 5.82 Å². The number of imidazole rings is 1. The number of rotatable bonds is 6. The Morgan fingerprint density at radius 1 is 1.03 bits per heavy atom. The van der Waals surface area contributed by atoms with Gasteiger partial charge in [-0.15, -0.1) is 0 Å². The molecule has 0 aliphatic carbocycles. The van der Waals surface area contributed by atoms with Crippen molar-refractivity contribution in [1.82, 2.24) is 15.0 Å². The molecule has 6 nitrogen and oxygen atoms in total. The normalized spacial score (nSPS) is 12.1. The van der Waals surface area contributed by atoms with Crippen LogP contribution in [0.1, 0.15) is 35.5 Å². The van der Waals surface area contributed by atoms with Crippen molar-refractivity contribution in [1.29, 1.82) is 0 Å². The number of nitrogens with one attached hydrogen (secondary N) is 1. The minimum absolute atomic E-state index is 0.275. The smallest absolute Gasteiger partial charge is 0.131 e. The van der Waals surface area contributed by atoms with Crippen LogP contribution in [0.2, 0.25) is 0 Å². The minimum Gasteiger partial charge on any atom is -0.496 e.